The van der Waals surface area contributed by atoms with Gasteiger partial charge in [-0.05, 0) is 19.3 Å². The molecule has 0 unspecified atom stereocenters. The zero-order valence-corrected chi connectivity index (χ0v) is 11.9. The number of hydrogen-bond acceptors (Lipinski definition) is 1. The zero-order chi connectivity index (χ0) is 13.1. The van der Waals surface area contributed by atoms with Crippen molar-refractivity contribution < 1.29 is 9.90 Å². The quantitative estimate of drug-likeness (QED) is 0.517. The SMILES string of the molecule is CCCCCC(CCCC)(CCCC)C(=O)O. The van der Waals surface area contributed by atoms with E-state index in [2.05, 4.69) is 20.8 Å². The van der Waals surface area contributed by atoms with Crippen LogP contribution in [-0.4, -0.2) is 11.1 Å². The maximum atomic E-state index is 11.6. The molecule has 0 aromatic carbocycles. The fraction of sp³-hybridized carbons (Fsp3) is 0.933. The summed E-state index contributed by atoms with van der Waals surface area (Å²) in [6.07, 6.45) is 10.3. The summed E-state index contributed by atoms with van der Waals surface area (Å²) in [7, 11) is 0. The number of unbranched alkanes of at least 4 members (excludes halogenated alkanes) is 4. The van der Waals surface area contributed by atoms with Gasteiger partial charge in [0.1, 0.15) is 0 Å². The second kappa shape index (κ2) is 9.49. The molecule has 0 bridgehead atoms. The lowest BCUT2D eigenvalue weighted by atomic mass is 9.74. The molecule has 0 fully saturated rings. The normalized spacial score (nSPS) is 11.7. The van der Waals surface area contributed by atoms with E-state index in [1.165, 1.54) is 0 Å². The molecule has 1 N–H and O–H groups in total. The van der Waals surface area contributed by atoms with E-state index in [1.54, 1.807) is 0 Å². The molecule has 0 saturated carbocycles. The van der Waals surface area contributed by atoms with Crippen LogP contribution in [0.1, 0.15) is 85.0 Å². The molecule has 0 atom stereocenters. The highest BCUT2D eigenvalue weighted by atomic mass is 16.4. The molecule has 0 heterocycles. The fourth-order valence-corrected chi connectivity index (χ4v) is 2.44. The maximum absolute atomic E-state index is 11.6. The number of carboxylic acids is 1. The number of rotatable bonds is 11. The molecule has 0 aliphatic carbocycles. The third kappa shape index (κ3) is 6.09. The van der Waals surface area contributed by atoms with Crippen LogP contribution in [0.2, 0.25) is 0 Å². The largest absolute Gasteiger partial charge is 0.481 e. The summed E-state index contributed by atoms with van der Waals surface area (Å²) < 4.78 is 0. The van der Waals surface area contributed by atoms with E-state index >= 15 is 0 Å². The van der Waals surface area contributed by atoms with E-state index in [9.17, 15) is 9.90 Å². The van der Waals surface area contributed by atoms with Crippen molar-refractivity contribution in [1.29, 1.82) is 0 Å². The molecule has 102 valence electrons. The Hall–Kier alpha value is -0.530. The molecule has 0 rings (SSSR count). The monoisotopic (exact) mass is 242 g/mol. The summed E-state index contributed by atoms with van der Waals surface area (Å²) in [5, 5.41) is 9.58. The standard InChI is InChI=1S/C15H30O2/c1-4-7-10-13-15(14(16)17,11-8-5-2)12-9-6-3/h4-13H2,1-3H3,(H,16,17). The van der Waals surface area contributed by atoms with E-state index in [0.29, 0.717) is 0 Å². The summed E-state index contributed by atoms with van der Waals surface area (Å²) in [6.45, 7) is 6.44. The summed E-state index contributed by atoms with van der Waals surface area (Å²) in [5.74, 6) is -0.560. The summed E-state index contributed by atoms with van der Waals surface area (Å²) in [6, 6.07) is 0. The van der Waals surface area contributed by atoms with Crippen molar-refractivity contribution in [2.24, 2.45) is 5.41 Å². The number of aliphatic carboxylic acids is 1. The van der Waals surface area contributed by atoms with E-state index in [-0.39, 0.29) is 0 Å². The van der Waals surface area contributed by atoms with Crippen molar-refractivity contribution in [3.05, 3.63) is 0 Å². The second-order valence-corrected chi connectivity index (χ2v) is 5.25. The molecule has 0 amide bonds. The Morgan fingerprint density at radius 3 is 1.59 bits per heavy atom. The summed E-state index contributed by atoms with van der Waals surface area (Å²) in [4.78, 5) is 11.6. The molecule has 0 aliphatic rings. The van der Waals surface area contributed by atoms with Gasteiger partial charge in [0.15, 0.2) is 0 Å². The predicted octanol–water partition coefficient (Wildman–Crippen LogP) is 5.02. The number of hydrogen-bond donors (Lipinski definition) is 1. The molecule has 2 heteroatoms. The van der Waals surface area contributed by atoms with Crippen molar-refractivity contribution in [1.82, 2.24) is 0 Å². The minimum atomic E-state index is -0.560. The minimum absolute atomic E-state index is 0.429. The summed E-state index contributed by atoms with van der Waals surface area (Å²) in [5.41, 5.74) is -0.429. The highest BCUT2D eigenvalue weighted by Gasteiger charge is 2.36. The third-order valence-electron chi connectivity index (χ3n) is 3.73. The lowest BCUT2D eigenvalue weighted by Crippen LogP contribution is -2.31. The molecule has 0 aliphatic heterocycles. The second-order valence-electron chi connectivity index (χ2n) is 5.25. The van der Waals surface area contributed by atoms with Gasteiger partial charge in [-0.25, -0.2) is 0 Å². The number of carbonyl (C=O) groups is 1. The smallest absolute Gasteiger partial charge is 0.309 e. The van der Waals surface area contributed by atoms with Crippen molar-refractivity contribution >= 4 is 5.97 Å². The Labute approximate surface area is 107 Å². The number of carboxylic acid groups (broad SMARTS) is 1. The van der Waals surface area contributed by atoms with Gasteiger partial charge in [0.05, 0.1) is 5.41 Å². The molecule has 0 aromatic rings. The van der Waals surface area contributed by atoms with Gasteiger partial charge in [-0.3, -0.25) is 4.79 Å². The van der Waals surface area contributed by atoms with Crippen LogP contribution in [0.3, 0.4) is 0 Å². The van der Waals surface area contributed by atoms with Crippen LogP contribution in [0.4, 0.5) is 0 Å². The molecule has 0 radical (unpaired) electrons. The first-order valence-electron chi connectivity index (χ1n) is 7.36. The van der Waals surface area contributed by atoms with Crippen LogP contribution in [0.5, 0.6) is 0 Å². The molecular weight excluding hydrogens is 212 g/mol. The van der Waals surface area contributed by atoms with Crippen molar-refractivity contribution in [3.8, 4) is 0 Å². The van der Waals surface area contributed by atoms with E-state index in [0.717, 1.165) is 64.2 Å². The first-order valence-corrected chi connectivity index (χ1v) is 7.36. The van der Waals surface area contributed by atoms with Crippen LogP contribution in [0.25, 0.3) is 0 Å². The van der Waals surface area contributed by atoms with Gasteiger partial charge in [-0.2, -0.15) is 0 Å². The van der Waals surface area contributed by atoms with Gasteiger partial charge < -0.3 is 5.11 Å². The van der Waals surface area contributed by atoms with Gasteiger partial charge in [-0.1, -0.05) is 65.7 Å². The van der Waals surface area contributed by atoms with Crippen LogP contribution in [0, 0.1) is 5.41 Å². The molecule has 0 saturated heterocycles. The Bertz CT molecular complexity index is 191. The predicted molar refractivity (Wildman–Crippen MR) is 73.3 cm³/mol. The van der Waals surface area contributed by atoms with Crippen molar-refractivity contribution in [3.63, 3.8) is 0 Å². The van der Waals surface area contributed by atoms with Gasteiger partial charge in [0.2, 0.25) is 0 Å². The average Bonchev–Trinajstić information content (AvgIpc) is 2.32. The van der Waals surface area contributed by atoms with Gasteiger partial charge in [0.25, 0.3) is 0 Å². The van der Waals surface area contributed by atoms with Crippen LogP contribution >= 0.6 is 0 Å². The minimum Gasteiger partial charge on any atom is -0.481 e. The molecule has 0 aromatic heterocycles. The van der Waals surface area contributed by atoms with Crippen LogP contribution in [0.15, 0.2) is 0 Å². The van der Waals surface area contributed by atoms with Crippen molar-refractivity contribution in [2.75, 3.05) is 0 Å². The van der Waals surface area contributed by atoms with Gasteiger partial charge >= 0.3 is 5.97 Å². The zero-order valence-electron chi connectivity index (χ0n) is 11.9. The Morgan fingerprint density at radius 2 is 1.24 bits per heavy atom. The average molecular weight is 242 g/mol. The van der Waals surface area contributed by atoms with Gasteiger partial charge in [0, 0.05) is 0 Å². The van der Waals surface area contributed by atoms with E-state index < -0.39 is 11.4 Å². The maximum Gasteiger partial charge on any atom is 0.309 e. The Balaban J connectivity index is 4.50. The highest BCUT2D eigenvalue weighted by Crippen LogP contribution is 2.37. The summed E-state index contributed by atoms with van der Waals surface area (Å²) >= 11 is 0. The van der Waals surface area contributed by atoms with Crippen LogP contribution < -0.4 is 0 Å². The Kier molecular flexibility index (Phi) is 9.20. The molecule has 0 spiro atoms. The highest BCUT2D eigenvalue weighted by molar-refractivity contribution is 5.74. The lowest BCUT2D eigenvalue weighted by molar-refractivity contribution is -0.150. The lowest BCUT2D eigenvalue weighted by Gasteiger charge is -2.29. The molecule has 17 heavy (non-hydrogen) atoms. The van der Waals surface area contributed by atoms with Gasteiger partial charge in [-0.15, -0.1) is 0 Å². The van der Waals surface area contributed by atoms with E-state index in [4.69, 9.17) is 0 Å². The third-order valence-corrected chi connectivity index (χ3v) is 3.73. The molecular formula is C15H30O2. The fourth-order valence-electron chi connectivity index (χ4n) is 2.44. The van der Waals surface area contributed by atoms with Crippen molar-refractivity contribution in [2.45, 2.75) is 85.0 Å². The molecule has 2 nitrogen and oxygen atoms in total. The first-order chi connectivity index (χ1) is 8.13. The Morgan fingerprint density at radius 1 is 0.824 bits per heavy atom. The van der Waals surface area contributed by atoms with E-state index in [1.807, 2.05) is 0 Å². The first kappa shape index (κ1) is 16.5. The topological polar surface area (TPSA) is 37.3 Å². The van der Waals surface area contributed by atoms with Crippen LogP contribution in [-0.2, 0) is 4.79 Å².